The summed E-state index contributed by atoms with van der Waals surface area (Å²) in [6.45, 7) is 0. The molecule has 0 aliphatic rings. The standard InChI is InChI=1S/2C14H9.Be/c2*1-3-7-13-11(5-1)9-10-12-6-2-4-8-14(12)13;/h2*1-3,5-10H;. The van der Waals surface area contributed by atoms with Crippen molar-refractivity contribution in [1.82, 2.24) is 0 Å². The summed E-state index contributed by atoms with van der Waals surface area (Å²) in [5, 5.41) is 13.3. The molecule has 6 aromatic carbocycles. The van der Waals surface area contributed by atoms with Crippen molar-refractivity contribution in [2.24, 2.45) is 0 Å². The molecule has 0 saturated heterocycles. The Morgan fingerprint density at radius 1 is 0.345 bits per heavy atom. The van der Waals surface area contributed by atoms with Crippen LogP contribution in [0.1, 0.15) is 0 Å². The van der Waals surface area contributed by atoms with Crippen LogP contribution in [0.3, 0.4) is 0 Å². The van der Waals surface area contributed by atoms with Gasteiger partial charge in [-0.1, -0.05) is 0 Å². The summed E-state index contributed by atoms with van der Waals surface area (Å²) in [6, 6.07) is 40.0. The Hall–Kier alpha value is -3.47. The van der Waals surface area contributed by atoms with E-state index in [4.69, 9.17) is 0 Å². The van der Waals surface area contributed by atoms with Gasteiger partial charge in [0.1, 0.15) is 0 Å². The normalized spacial score (nSPS) is 11.3. The fraction of sp³-hybridized carbons (Fsp3) is 0. The molecule has 0 aliphatic heterocycles. The third-order valence-electron chi connectivity index (χ3n) is 6.03. The maximum absolute atomic E-state index is 2.37. The van der Waals surface area contributed by atoms with Crippen LogP contribution >= 0.6 is 0 Å². The van der Waals surface area contributed by atoms with Gasteiger partial charge < -0.3 is 0 Å². The van der Waals surface area contributed by atoms with Crippen molar-refractivity contribution in [3.63, 3.8) is 0 Å². The van der Waals surface area contributed by atoms with Gasteiger partial charge in [0.05, 0.1) is 0 Å². The fourth-order valence-corrected chi connectivity index (χ4v) is 4.55. The second-order valence-corrected chi connectivity index (χ2v) is 7.86. The van der Waals surface area contributed by atoms with Crippen molar-refractivity contribution in [2.75, 3.05) is 0 Å². The number of rotatable bonds is 2. The molecule has 0 fully saturated rings. The molecule has 0 nitrogen and oxygen atoms in total. The van der Waals surface area contributed by atoms with Crippen LogP contribution in [0.4, 0.5) is 0 Å². The molecule has 0 radical (unpaired) electrons. The third kappa shape index (κ3) is 2.81. The van der Waals surface area contributed by atoms with Crippen LogP contribution in [-0.2, 0) is 0 Å². The Bertz CT molecular complexity index is 1410. The van der Waals surface area contributed by atoms with Gasteiger partial charge in [-0.15, -0.1) is 0 Å². The van der Waals surface area contributed by atoms with E-state index >= 15 is 0 Å². The molecule has 0 bridgehead atoms. The van der Waals surface area contributed by atoms with Crippen LogP contribution in [0, 0.1) is 0 Å². The molecule has 0 aromatic heterocycles. The minimum atomic E-state index is 0.943. The zero-order valence-electron chi connectivity index (χ0n) is 16.1. The average Bonchev–Trinajstić information content (AvgIpc) is 2.79. The van der Waals surface area contributed by atoms with Gasteiger partial charge in [0.15, 0.2) is 0 Å². The van der Waals surface area contributed by atoms with Crippen molar-refractivity contribution in [3.8, 4) is 0 Å². The van der Waals surface area contributed by atoms with Gasteiger partial charge in [0.2, 0.25) is 0 Å². The zero-order valence-corrected chi connectivity index (χ0v) is 16.1. The van der Waals surface area contributed by atoms with E-state index < -0.39 is 0 Å². The van der Waals surface area contributed by atoms with Gasteiger partial charge in [0.25, 0.3) is 0 Å². The predicted molar refractivity (Wildman–Crippen MR) is 128 cm³/mol. The fourth-order valence-electron chi connectivity index (χ4n) is 4.55. The van der Waals surface area contributed by atoms with Crippen LogP contribution < -0.4 is 10.6 Å². The topological polar surface area (TPSA) is 0 Å². The van der Waals surface area contributed by atoms with Crippen molar-refractivity contribution in [1.29, 1.82) is 0 Å². The molecule has 0 N–H and O–H groups in total. The minimum absolute atomic E-state index is 0.943. The molecule has 6 rings (SSSR count). The number of fused-ring (bicyclic) bond motifs is 6. The summed E-state index contributed by atoms with van der Waals surface area (Å²) < 4.78 is 0. The van der Waals surface area contributed by atoms with Crippen molar-refractivity contribution < 1.29 is 0 Å². The molecule has 29 heavy (non-hydrogen) atoms. The van der Waals surface area contributed by atoms with Crippen LogP contribution in [0.5, 0.6) is 0 Å². The Labute approximate surface area is 171 Å². The SMILES string of the molecule is [Be]([c]1ccc2ccc3ccccc3c2c1)[c]1ccc2ccc3ccccc3c2c1. The zero-order chi connectivity index (χ0) is 19.2. The van der Waals surface area contributed by atoms with E-state index in [1.165, 1.54) is 53.7 Å². The molecule has 132 valence electrons. The molecule has 0 heterocycles. The first kappa shape index (κ1) is 16.5. The third-order valence-corrected chi connectivity index (χ3v) is 6.03. The van der Waals surface area contributed by atoms with E-state index in [1.807, 2.05) is 0 Å². The monoisotopic (exact) mass is 363 g/mol. The van der Waals surface area contributed by atoms with Crippen molar-refractivity contribution >= 4 is 62.4 Å². The van der Waals surface area contributed by atoms with E-state index in [9.17, 15) is 0 Å². The number of hydrogen-bond donors (Lipinski definition) is 0. The molecular weight excluding hydrogens is 345 g/mol. The van der Waals surface area contributed by atoms with Crippen LogP contribution in [-0.4, -0.2) is 8.78 Å². The van der Waals surface area contributed by atoms with E-state index in [0.29, 0.717) is 0 Å². The van der Waals surface area contributed by atoms with E-state index in [-0.39, 0.29) is 0 Å². The van der Waals surface area contributed by atoms with Crippen molar-refractivity contribution in [2.45, 2.75) is 0 Å². The maximum atomic E-state index is 2.37. The summed E-state index contributed by atoms with van der Waals surface area (Å²) in [5.41, 5.74) is 0. The summed E-state index contributed by atoms with van der Waals surface area (Å²) in [6.07, 6.45) is 0. The van der Waals surface area contributed by atoms with E-state index in [1.54, 1.807) is 0 Å². The first-order valence-corrected chi connectivity index (χ1v) is 10.2. The van der Waals surface area contributed by atoms with Gasteiger partial charge in [-0.2, -0.15) is 0 Å². The first-order valence-electron chi connectivity index (χ1n) is 10.2. The van der Waals surface area contributed by atoms with Gasteiger partial charge in [0, 0.05) is 0 Å². The molecule has 0 saturated carbocycles. The van der Waals surface area contributed by atoms with E-state index in [2.05, 4.69) is 109 Å². The Balaban J connectivity index is 1.48. The Morgan fingerprint density at radius 3 is 1.21 bits per heavy atom. The van der Waals surface area contributed by atoms with Crippen LogP contribution in [0.25, 0.3) is 43.1 Å². The molecular formula is C28H18Be. The summed E-state index contributed by atoms with van der Waals surface area (Å²) in [4.78, 5) is 0. The molecule has 1 heteroatoms. The molecule has 0 aliphatic carbocycles. The average molecular weight is 363 g/mol. The van der Waals surface area contributed by atoms with E-state index in [0.717, 1.165) is 8.78 Å². The molecule has 0 spiro atoms. The quantitative estimate of drug-likeness (QED) is 0.263. The number of hydrogen-bond acceptors (Lipinski definition) is 0. The van der Waals surface area contributed by atoms with Crippen LogP contribution in [0.15, 0.2) is 109 Å². The summed E-state index contributed by atoms with van der Waals surface area (Å²) in [7, 11) is 0.943. The van der Waals surface area contributed by atoms with Crippen molar-refractivity contribution in [3.05, 3.63) is 109 Å². The second kappa shape index (κ2) is 6.55. The molecule has 6 aromatic rings. The van der Waals surface area contributed by atoms with Crippen LogP contribution in [0.2, 0.25) is 0 Å². The second-order valence-electron chi connectivity index (χ2n) is 7.86. The van der Waals surface area contributed by atoms with Gasteiger partial charge >= 0.3 is 172 Å². The Morgan fingerprint density at radius 2 is 0.724 bits per heavy atom. The summed E-state index contributed by atoms with van der Waals surface area (Å²) >= 11 is 0. The number of benzene rings is 6. The summed E-state index contributed by atoms with van der Waals surface area (Å²) in [5.74, 6) is 0. The Kier molecular flexibility index (Phi) is 3.72. The van der Waals surface area contributed by atoms with Gasteiger partial charge in [-0.25, -0.2) is 0 Å². The molecule has 0 unspecified atom stereocenters. The predicted octanol–water partition coefficient (Wildman–Crippen LogP) is 5.95. The molecule has 0 amide bonds. The van der Waals surface area contributed by atoms with Gasteiger partial charge in [-0.3, -0.25) is 0 Å². The first-order chi connectivity index (χ1) is 14.3. The molecule has 0 atom stereocenters. The van der Waals surface area contributed by atoms with Gasteiger partial charge in [-0.05, 0) is 0 Å².